The summed E-state index contributed by atoms with van der Waals surface area (Å²) in [6.07, 6.45) is 29.8. The SMILES string of the molecule is CCCCCCCCCCCCCCCCCCCCCCCC(CCCC(CCC(=O)O)C(=O)O)C(=O)O. The van der Waals surface area contributed by atoms with Crippen LogP contribution in [-0.2, 0) is 14.4 Å². The highest BCUT2D eigenvalue weighted by atomic mass is 16.4. The molecular formula is C33H62O6. The lowest BCUT2D eigenvalue weighted by Gasteiger charge is -2.15. The summed E-state index contributed by atoms with van der Waals surface area (Å²) in [5.41, 5.74) is 0. The second kappa shape index (κ2) is 28.0. The lowest BCUT2D eigenvalue weighted by Crippen LogP contribution is -2.17. The minimum atomic E-state index is -1.00. The molecule has 0 rings (SSSR count). The largest absolute Gasteiger partial charge is 0.481 e. The van der Waals surface area contributed by atoms with Crippen LogP contribution in [-0.4, -0.2) is 33.2 Å². The molecule has 0 aliphatic rings. The van der Waals surface area contributed by atoms with E-state index in [0.717, 1.165) is 19.3 Å². The molecule has 0 spiro atoms. The fourth-order valence-corrected chi connectivity index (χ4v) is 5.51. The van der Waals surface area contributed by atoms with E-state index in [1.807, 2.05) is 0 Å². The van der Waals surface area contributed by atoms with Gasteiger partial charge in [-0.15, -0.1) is 0 Å². The van der Waals surface area contributed by atoms with E-state index >= 15 is 0 Å². The maximum atomic E-state index is 11.6. The molecule has 2 atom stereocenters. The molecule has 0 aromatic rings. The summed E-state index contributed by atoms with van der Waals surface area (Å²) in [5.74, 6) is -3.94. The molecule has 0 bridgehead atoms. The van der Waals surface area contributed by atoms with Crippen LogP contribution >= 0.6 is 0 Å². The third-order valence-corrected chi connectivity index (χ3v) is 8.17. The highest BCUT2D eigenvalue weighted by molar-refractivity contribution is 5.72. The third-order valence-electron chi connectivity index (χ3n) is 8.17. The molecule has 0 aromatic carbocycles. The van der Waals surface area contributed by atoms with E-state index in [0.29, 0.717) is 25.7 Å². The number of hydrogen-bond acceptors (Lipinski definition) is 3. The van der Waals surface area contributed by atoms with Crippen LogP contribution in [0.2, 0.25) is 0 Å². The van der Waals surface area contributed by atoms with Gasteiger partial charge in [-0.1, -0.05) is 148 Å². The molecule has 0 radical (unpaired) electrons. The molecule has 2 unspecified atom stereocenters. The minimum Gasteiger partial charge on any atom is -0.481 e. The predicted molar refractivity (Wildman–Crippen MR) is 160 cm³/mol. The molecule has 0 amide bonds. The summed E-state index contributed by atoms with van der Waals surface area (Å²) in [7, 11) is 0. The lowest BCUT2D eigenvalue weighted by molar-refractivity contribution is -0.143. The van der Waals surface area contributed by atoms with E-state index in [9.17, 15) is 24.6 Å². The quantitative estimate of drug-likeness (QED) is 0.0735. The Morgan fingerprint density at radius 1 is 0.410 bits per heavy atom. The van der Waals surface area contributed by atoms with E-state index in [4.69, 9.17) is 5.11 Å². The van der Waals surface area contributed by atoms with Crippen molar-refractivity contribution in [1.29, 1.82) is 0 Å². The van der Waals surface area contributed by atoms with Crippen molar-refractivity contribution in [2.24, 2.45) is 11.8 Å². The van der Waals surface area contributed by atoms with Crippen molar-refractivity contribution in [2.75, 3.05) is 0 Å². The summed E-state index contributed by atoms with van der Waals surface area (Å²) in [6.45, 7) is 2.28. The van der Waals surface area contributed by atoms with Crippen LogP contribution in [0.1, 0.15) is 180 Å². The summed E-state index contributed by atoms with van der Waals surface area (Å²) in [4.78, 5) is 33.5. The molecule has 0 aromatic heterocycles. The van der Waals surface area contributed by atoms with E-state index in [1.54, 1.807) is 0 Å². The Hall–Kier alpha value is -1.59. The van der Waals surface area contributed by atoms with Crippen molar-refractivity contribution >= 4 is 17.9 Å². The van der Waals surface area contributed by atoms with Gasteiger partial charge in [0.25, 0.3) is 0 Å². The molecule has 0 saturated carbocycles. The molecule has 6 nitrogen and oxygen atoms in total. The van der Waals surface area contributed by atoms with Gasteiger partial charge in [-0.3, -0.25) is 14.4 Å². The number of carboxylic acid groups (broad SMARTS) is 3. The highest BCUT2D eigenvalue weighted by Crippen LogP contribution is 2.22. The maximum Gasteiger partial charge on any atom is 0.306 e. The Morgan fingerprint density at radius 3 is 1.00 bits per heavy atom. The van der Waals surface area contributed by atoms with Gasteiger partial charge in [-0.25, -0.2) is 0 Å². The van der Waals surface area contributed by atoms with E-state index in [1.165, 1.54) is 116 Å². The van der Waals surface area contributed by atoms with Crippen LogP contribution in [0.15, 0.2) is 0 Å². The van der Waals surface area contributed by atoms with Crippen molar-refractivity contribution in [2.45, 2.75) is 180 Å². The first-order valence-electron chi connectivity index (χ1n) is 16.6. The molecule has 0 fully saturated rings. The van der Waals surface area contributed by atoms with Crippen molar-refractivity contribution < 1.29 is 29.7 Å². The number of carbonyl (C=O) groups is 3. The summed E-state index contributed by atoms with van der Waals surface area (Å²) < 4.78 is 0. The van der Waals surface area contributed by atoms with Gasteiger partial charge in [0.05, 0.1) is 11.8 Å². The fraction of sp³-hybridized carbons (Fsp3) is 0.909. The highest BCUT2D eigenvalue weighted by Gasteiger charge is 2.21. The first-order valence-corrected chi connectivity index (χ1v) is 16.6. The van der Waals surface area contributed by atoms with Crippen LogP contribution < -0.4 is 0 Å². The van der Waals surface area contributed by atoms with E-state index < -0.39 is 29.7 Å². The molecule has 39 heavy (non-hydrogen) atoms. The molecule has 230 valence electrons. The molecular weight excluding hydrogens is 492 g/mol. The predicted octanol–water partition coefficient (Wildman–Crippen LogP) is 10.0. The maximum absolute atomic E-state index is 11.6. The third kappa shape index (κ3) is 26.4. The van der Waals surface area contributed by atoms with Gasteiger partial charge in [-0.05, 0) is 25.7 Å². The number of hydrogen-bond donors (Lipinski definition) is 3. The number of rotatable bonds is 31. The molecule has 0 saturated heterocycles. The van der Waals surface area contributed by atoms with Crippen molar-refractivity contribution in [3.8, 4) is 0 Å². The Morgan fingerprint density at radius 2 is 0.692 bits per heavy atom. The van der Waals surface area contributed by atoms with Crippen molar-refractivity contribution in [1.82, 2.24) is 0 Å². The first kappa shape index (κ1) is 37.4. The van der Waals surface area contributed by atoms with Gasteiger partial charge < -0.3 is 15.3 Å². The number of unbranched alkanes of at least 4 members (excludes halogenated alkanes) is 20. The van der Waals surface area contributed by atoms with Crippen LogP contribution in [0, 0.1) is 11.8 Å². The van der Waals surface area contributed by atoms with Crippen LogP contribution in [0.4, 0.5) is 0 Å². The first-order chi connectivity index (χ1) is 18.9. The molecule has 0 aliphatic carbocycles. The second-order valence-corrected chi connectivity index (χ2v) is 11.8. The summed E-state index contributed by atoms with van der Waals surface area (Å²) in [6, 6.07) is 0. The van der Waals surface area contributed by atoms with E-state index in [-0.39, 0.29) is 12.8 Å². The normalized spacial score (nSPS) is 12.8. The zero-order valence-electron chi connectivity index (χ0n) is 25.3. The average molecular weight is 555 g/mol. The number of aliphatic carboxylic acids is 3. The van der Waals surface area contributed by atoms with Gasteiger partial charge in [0.2, 0.25) is 0 Å². The monoisotopic (exact) mass is 554 g/mol. The summed E-state index contributed by atoms with van der Waals surface area (Å²) >= 11 is 0. The van der Waals surface area contributed by atoms with Crippen LogP contribution in [0.5, 0.6) is 0 Å². The van der Waals surface area contributed by atoms with Crippen LogP contribution in [0.25, 0.3) is 0 Å². The van der Waals surface area contributed by atoms with Gasteiger partial charge in [0.1, 0.15) is 0 Å². The summed E-state index contributed by atoms with van der Waals surface area (Å²) in [5, 5.41) is 27.5. The van der Waals surface area contributed by atoms with Gasteiger partial charge in [0, 0.05) is 6.42 Å². The zero-order valence-corrected chi connectivity index (χ0v) is 25.3. The van der Waals surface area contributed by atoms with Gasteiger partial charge >= 0.3 is 17.9 Å². The lowest BCUT2D eigenvalue weighted by atomic mass is 9.91. The second-order valence-electron chi connectivity index (χ2n) is 11.8. The average Bonchev–Trinajstić information content (AvgIpc) is 2.89. The fourth-order valence-electron chi connectivity index (χ4n) is 5.51. The molecule has 3 N–H and O–H groups in total. The Balaban J connectivity index is 3.53. The van der Waals surface area contributed by atoms with Gasteiger partial charge in [-0.2, -0.15) is 0 Å². The minimum absolute atomic E-state index is 0.0990. The topological polar surface area (TPSA) is 112 Å². The molecule has 0 heterocycles. The van der Waals surface area contributed by atoms with E-state index in [2.05, 4.69) is 6.92 Å². The van der Waals surface area contributed by atoms with Crippen molar-refractivity contribution in [3.05, 3.63) is 0 Å². The molecule has 0 aliphatic heterocycles. The standard InChI is InChI=1S/C33H62O6/c1-2-3-4-5-6-7-8-9-10-11-12-13-14-15-16-17-18-19-20-21-22-24-29(32(36)37)25-23-26-30(33(38)39)27-28-31(34)35/h29-30H,2-28H2,1H3,(H,34,35)(H,36,37)(H,38,39). The smallest absolute Gasteiger partial charge is 0.306 e. The zero-order chi connectivity index (χ0) is 29.0. The van der Waals surface area contributed by atoms with Crippen molar-refractivity contribution in [3.63, 3.8) is 0 Å². The van der Waals surface area contributed by atoms with Gasteiger partial charge in [0.15, 0.2) is 0 Å². The number of carboxylic acids is 3. The Bertz CT molecular complexity index is 591. The Labute approximate surface area is 239 Å². The Kier molecular flexibility index (Phi) is 26.8. The molecule has 6 heteroatoms. The van der Waals surface area contributed by atoms with Crippen LogP contribution in [0.3, 0.4) is 0 Å².